The fourth-order valence-corrected chi connectivity index (χ4v) is 2.37. The highest BCUT2D eigenvalue weighted by atomic mass is 79.9. The van der Waals surface area contributed by atoms with Crippen molar-refractivity contribution < 1.29 is 14.0 Å². The van der Waals surface area contributed by atoms with Gasteiger partial charge in [0.15, 0.2) is 10.4 Å². The molecule has 0 spiro atoms. The Labute approximate surface area is 143 Å². The van der Waals surface area contributed by atoms with Crippen LogP contribution in [0.15, 0.2) is 45.5 Å². The summed E-state index contributed by atoms with van der Waals surface area (Å²) in [7, 11) is 1.62. The maximum absolute atomic E-state index is 12.5. The second kappa shape index (κ2) is 7.46. The molecule has 1 aromatic carbocycles. The van der Waals surface area contributed by atoms with Gasteiger partial charge in [0.25, 0.3) is 11.8 Å². The molecule has 0 aliphatic carbocycles. The van der Waals surface area contributed by atoms with Crippen molar-refractivity contribution >= 4 is 33.4 Å². The average Bonchev–Trinajstić information content (AvgIpc) is 2.99. The molecule has 0 aliphatic heterocycles. The zero-order chi connectivity index (χ0) is 17.0. The predicted molar refractivity (Wildman–Crippen MR) is 92.8 cm³/mol. The van der Waals surface area contributed by atoms with Crippen molar-refractivity contribution in [2.24, 2.45) is 0 Å². The molecule has 0 radical (unpaired) electrons. The number of carbonyl (C=O) groups excluding carboxylic acids is 2. The minimum atomic E-state index is -0.320. The van der Waals surface area contributed by atoms with E-state index >= 15 is 0 Å². The number of rotatable bonds is 5. The number of benzene rings is 1. The number of nitrogens with zero attached hydrogens (tertiary/aromatic N) is 1. The summed E-state index contributed by atoms with van der Waals surface area (Å²) in [4.78, 5) is 26.3. The number of anilines is 1. The van der Waals surface area contributed by atoms with Gasteiger partial charge in [0.2, 0.25) is 0 Å². The zero-order valence-corrected chi connectivity index (χ0v) is 14.9. The van der Waals surface area contributed by atoms with Crippen LogP contribution in [0.5, 0.6) is 0 Å². The third-order valence-corrected chi connectivity index (χ3v) is 4.01. The summed E-state index contributed by atoms with van der Waals surface area (Å²) in [6, 6.07) is 10.3. The van der Waals surface area contributed by atoms with E-state index in [1.807, 2.05) is 13.8 Å². The molecule has 0 aliphatic rings. The molecule has 0 saturated heterocycles. The lowest BCUT2D eigenvalue weighted by Gasteiger charge is -2.20. The van der Waals surface area contributed by atoms with Gasteiger partial charge < -0.3 is 14.6 Å². The minimum Gasteiger partial charge on any atom is -0.444 e. The summed E-state index contributed by atoms with van der Waals surface area (Å²) < 4.78 is 5.78. The monoisotopic (exact) mass is 378 g/mol. The average molecular weight is 379 g/mol. The van der Waals surface area contributed by atoms with Crippen molar-refractivity contribution in [2.75, 3.05) is 11.9 Å². The molecule has 1 atom stereocenters. The summed E-state index contributed by atoms with van der Waals surface area (Å²) in [6.45, 7) is 3.94. The van der Waals surface area contributed by atoms with Crippen molar-refractivity contribution in [3.05, 3.63) is 52.4 Å². The third-order valence-electron chi connectivity index (χ3n) is 3.59. The van der Waals surface area contributed by atoms with Crippen molar-refractivity contribution in [3.8, 4) is 0 Å². The summed E-state index contributed by atoms with van der Waals surface area (Å²) >= 11 is 3.18. The second-order valence-electron chi connectivity index (χ2n) is 5.27. The van der Waals surface area contributed by atoms with Gasteiger partial charge in [-0.2, -0.15) is 0 Å². The smallest absolute Gasteiger partial charge is 0.293 e. The van der Waals surface area contributed by atoms with Crippen LogP contribution in [-0.2, 0) is 0 Å². The molecule has 2 aromatic rings. The molecule has 23 heavy (non-hydrogen) atoms. The van der Waals surface area contributed by atoms with E-state index in [1.54, 1.807) is 43.4 Å². The molecular weight excluding hydrogens is 360 g/mol. The molecule has 2 amide bonds. The number of para-hydroxylation sites is 1. The van der Waals surface area contributed by atoms with Gasteiger partial charge in [0, 0.05) is 13.1 Å². The van der Waals surface area contributed by atoms with Crippen molar-refractivity contribution in [1.82, 2.24) is 5.32 Å². The van der Waals surface area contributed by atoms with Crippen LogP contribution in [0.25, 0.3) is 0 Å². The van der Waals surface area contributed by atoms with Gasteiger partial charge in [-0.1, -0.05) is 19.1 Å². The lowest BCUT2D eigenvalue weighted by atomic mass is 10.1. The van der Waals surface area contributed by atoms with Crippen LogP contribution in [0.4, 0.5) is 5.69 Å². The highest BCUT2D eigenvalue weighted by Crippen LogP contribution is 2.23. The molecule has 1 unspecified atom stereocenters. The van der Waals surface area contributed by atoms with Gasteiger partial charge in [-0.05, 0) is 53.5 Å². The van der Waals surface area contributed by atoms with Crippen molar-refractivity contribution in [3.63, 3.8) is 0 Å². The van der Waals surface area contributed by atoms with Crippen molar-refractivity contribution in [1.29, 1.82) is 0 Å². The van der Waals surface area contributed by atoms with Crippen LogP contribution < -0.4 is 10.2 Å². The van der Waals surface area contributed by atoms with E-state index in [0.29, 0.717) is 15.9 Å². The van der Waals surface area contributed by atoms with Crippen LogP contribution in [0.1, 0.15) is 41.2 Å². The van der Waals surface area contributed by atoms with E-state index in [9.17, 15) is 9.59 Å². The SMILES string of the molecule is CCC(C)NC(=O)c1ccccc1N(C)C(=O)c1ccc(Br)o1. The molecule has 0 bridgehead atoms. The van der Waals surface area contributed by atoms with E-state index in [2.05, 4.69) is 21.2 Å². The second-order valence-corrected chi connectivity index (χ2v) is 6.05. The van der Waals surface area contributed by atoms with Gasteiger partial charge in [0.05, 0.1) is 11.3 Å². The highest BCUT2D eigenvalue weighted by molar-refractivity contribution is 9.10. The first-order valence-corrected chi connectivity index (χ1v) is 8.16. The maximum atomic E-state index is 12.5. The molecular formula is C17H19BrN2O3. The summed E-state index contributed by atoms with van der Waals surface area (Å²) in [6.07, 6.45) is 0.836. The molecule has 122 valence electrons. The molecule has 5 nitrogen and oxygen atoms in total. The van der Waals surface area contributed by atoms with E-state index in [-0.39, 0.29) is 23.6 Å². The number of amides is 2. The molecule has 1 heterocycles. The molecule has 0 fully saturated rings. The minimum absolute atomic E-state index is 0.0672. The molecule has 0 saturated carbocycles. The molecule has 1 aromatic heterocycles. The van der Waals surface area contributed by atoms with Crippen LogP contribution in [-0.4, -0.2) is 24.9 Å². The Morgan fingerprint density at radius 3 is 2.57 bits per heavy atom. The van der Waals surface area contributed by atoms with E-state index in [4.69, 9.17) is 4.42 Å². The first kappa shape index (κ1) is 17.3. The van der Waals surface area contributed by atoms with Crippen molar-refractivity contribution in [2.45, 2.75) is 26.3 Å². The van der Waals surface area contributed by atoms with Gasteiger partial charge in [-0.15, -0.1) is 0 Å². The Bertz CT molecular complexity index is 711. The highest BCUT2D eigenvalue weighted by Gasteiger charge is 2.22. The van der Waals surface area contributed by atoms with E-state index < -0.39 is 0 Å². The molecule has 6 heteroatoms. The first-order chi connectivity index (χ1) is 10.9. The van der Waals surface area contributed by atoms with E-state index in [1.165, 1.54) is 4.90 Å². The summed E-state index contributed by atoms with van der Waals surface area (Å²) in [5, 5.41) is 2.92. The van der Waals surface area contributed by atoms with Crippen LogP contribution in [0.2, 0.25) is 0 Å². The largest absolute Gasteiger partial charge is 0.444 e. The zero-order valence-electron chi connectivity index (χ0n) is 13.3. The normalized spacial score (nSPS) is 11.8. The number of furan rings is 1. The molecule has 1 N–H and O–H groups in total. The number of hydrogen-bond donors (Lipinski definition) is 1. The summed E-state index contributed by atoms with van der Waals surface area (Å²) in [5.41, 5.74) is 0.986. The van der Waals surface area contributed by atoms with Crippen LogP contribution in [0.3, 0.4) is 0 Å². The Kier molecular flexibility index (Phi) is 5.60. The van der Waals surface area contributed by atoms with Crippen LogP contribution in [0, 0.1) is 0 Å². The van der Waals surface area contributed by atoms with E-state index in [0.717, 1.165) is 6.42 Å². The summed E-state index contributed by atoms with van der Waals surface area (Å²) in [5.74, 6) is -0.314. The predicted octanol–water partition coefficient (Wildman–Crippen LogP) is 3.85. The number of carbonyl (C=O) groups is 2. The number of nitrogens with one attached hydrogen (secondary N) is 1. The Morgan fingerprint density at radius 2 is 1.96 bits per heavy atom. The first-order valence-electron chi connectivity index (χ1n) is 7.37. The van der Waals surface area contributed by atoms with Gasteiger partial charge in [-0.25, -0.2) is 0 Å². The Balaban J connectivity index is 2.28. The van der Waals surface area contributed by atoms with Crippen LogP contribution >= 0.6 is 15.9 Å². The fourth-order valence-electron chi connectivity index (χ4n) is 2.07. The quantitative estimate of drug-likeness (QED) is 0.859. The lowest BCUT2D eigenvalue weighted by Crippen LogP contribution is -2.34. The lowest BCUT2D eigenvalue weighted by molar-refractivity contribution is 0.0939. The fraction of sp³-hybridized carbons (Fsp3) is 0.294. The molecule has 2 rings (SSSR count). The van der Waals surface area contributed by atoms with Gasteiger partial charge >= 0.3 is 0 Å². The van der Waals surface area contributed by atoms with Gasteiger partial charge in [0.1, 0.15) is 0 Å². The maximum Gasteiger partial charge on any atom is 0.293 e. The third kappa shape index (κ3) is 4.01. The topological polar surface area (TPSA) is 62.6 Å². The van der Waals surface area contributed by atoms with Gasteiger partial charge in [-0.3, -0.25) is 9.59 Å². The number of halogens is 1. The Hall–Kier alpha value is -2.08. The Morgan fingerprint density at radius 1 is 1.26 bits per heavy atom. The standard InChI is InChI=1S/C17H19BrN2O3/c1-4-11(2)19-16(21)12-7-5-6-8-13(12)20(3)17(22)14-9-10-15(18)23-14/h5-11H,4H2,1-3H3,(H,19,21). The number of hydrogen-bond acceptors (Lipinski definition) is 3.